The van der Waals surface area contributed by atoms with Crippen LogP contribution >= 0.6 is 35.3 Å². The van der Waals surface area contributed by atoms with Crippen molar-refractivity contribution in [1.29, 1.82) is 0 Å². The summed E-state index contributed by atoms with van der Waals surface area (Å²) >= 11 is 1.77. The van der Waals surface area contributed by atoms with Crippen molar-refractivity contribution in [3.63, 3.8) is 0 Å². The zero-order valence-corrected chi connectivity index (χ0v) is 18.4. The molecule has 2 aromatic heterocycles. The number of guanidine groups is 1. The van der Waals surface area contributed by atoms with Gasteiger partial charge in [0.25, 0.3) is 5.91 Å². The summed E-state index contributed by atoms with van der Waals surface area (Å²) in [6.07, 6.45) is 3.28. The molecule has 0 bridgehead atoms. The lowest BCUT2D eigenvalue weighted by Gasteiger charge is -2.11. The molecular formula is C18H27IN4O2S. The lowest BCUT2D eigenvalue weighted by Crippen LogP contribution is -2.38. The highest BCUT2D eigenvalue weighted by atomic mass is 127. The van der Waals surface area contributed by atoms with Crippen LogP contribution in [0.25, 0.3) is 0 Å². The number of aryl methyl sites for hydroxylation is 1. The van der Waals surface area contributed by atoms with Gasteiger partial charge in [-0.15, -0.1) is 35.3 Å². The molecule has 8 heteroatoms. The molecule has 0 saturated carbocycles. The van der Waals surface area contributed by atoms with Gasteiger partial charge < -0.3 is 20.4 Å². The molecule has 1 amide bonds. The Bertz CT molecular complexity index is 671. The third-order valence-electron chi connectivity index (χ3n) is 3.55. The van der Waals surface area contributed by atoms with Crippen LogP contribution in [0.3, 0.4) is 0 Å². The topological polar surface area (TPSA) is 78.7 Å². The van der Waals surface area contributed by atoms with Crippen molar-refractivity contribution in [3.05, 3.63) is 46.0 Å². The van der Waals surface area contributed by atoms with Gasteiger partial charge >= 0.3 is 0 Å². The second kappa shape index (κ2) is 12.7. The highest BCUT2D eigenvalue weighted by Crippen LogP contribution is 2.08. The van der Waals surface area contributed by atoms with E-state index in [1.807, 2.05) is 13.8 Å². The largest absolute Gasteiger partial charge is 0.459 e. The zero-order valence-electron chi connectivity index (χ0n) is 15.2. The van der Waals surface area contributed by atoms with Gasteiger partial charge in [0.2, 0.25) is 0 Å². The summed E-state index contributed by atoms with van der Waals surface area (Å²) in [6, 6.07) is 5.99. The monoisotopic (exact) mass is 490 g/mol. The van der Waals surface area contributed by atoms with E-state index in [1.54, 1.807) is 17.4 Å². The van der Waals surface area contributed by atoms with Crippen molar-refractivity contribution in [2.45, 2.75) is 26.7 Å². The predicted octanol–water partition coefficient (Wildman–Crippen LogP) is 3.19. The average Bonchev–Trinajstić information content (AvgIpc) is 3.26. The third-order valence-corrected chi connectivity index (χ3v) is 4.48. The minimum atomic E-state index is -0.174. The first-order chi connectivity index (χ1) is 12.2. The van der Waals surface area contributed by atoms with E-state index in [2.05, 4.69) is 38.5 Å². The van der Waals surface area contributed by atoms with Crippen LogP contribution in [0, 0.1) is 6.92 Å². The third kappa shape index (κ3) is 7.77. The Kier molecular flexibility index (Phi) is 11.0. The molecule has 0 aromatic carbocycles. The van der Waals surface area contributed by atoms with Gasteiger partial charge in [0, 0.05) is 36.6 Å². The van der Waals surface area contributed by atoms with E-state index in [0.717, 1.165) is 37.5 Å². The second-order valence-corrected chi connectivity index (χ2v) is 6.59. The summed E-state index contributed by atoms with van der Waals surface area (Å²) in [5.74, 6) is 1.02. The van der Waals surface area contributed by atoms with E-state index in [4.69, 9.17) is 4.42 Å². The lowest BCUT2D eigenvalue weighted by molar-refractivity contribution is 0.0925. The number of rotatable bonds is 9. The molecule has 0 fully saturated rings. The minimum absolute atomic E-state index is 0. The fourth-order valence-electron chi connectivity index (χ4n) is 2.26. The van der Waals surface area contributed by atoms with Gasteiger partial charge in [-0.3, -0.25) is 9.79 Å². The molecule has 0 unspecified atom stereocenters. The van der Waals surface area contributed by atoms with Crippen molar-refractivity contribution in [2.75, 3.05) is 26.2 Å². The fourth-order valence-corrected chi connectivity index (χ4v) is 2.97. The lowest BCUT2D eigenvalue weighted by atomic mass is 10.2. The Balaban J connectivity index is 0.00000338. The van der Waals surface area contributed by atoms with Gasteiger partial charge in [-0.25, -0.2) is 0 Å². The molecule has 26 heavy (non-hydrogen) atoms. The molecule has 0 aliphatic rings. The molecule has 0 radical (unpaired) electrons. The van der Waals surface area contributed by atoms with Gasteiger partial charge in [-0.2, -0.15) is 0 Å². The van der Waals surface area contributed by atoms with Crippen LogP contribution in [0.5, 0.6) is 0 Å². The van der Waals surface area contributed by atoms with Gasteiger partial charge in [-0.05, 0) is 44.2 Å². The number of halogens is 1. The highest BCUT2D eigenvalue weighted by Gasteiger charge is 2.11. The van der Waals surface area contributed by atoms with Crippen molar-refractivity contribution in [3.8, 4) is 0 Å². The van der Waals surface area contributed by atoms with Crippen LogP contribution in [0.1, 0.15) is 34.3 Å². The molecule has 2 rings (SSSR count). The summed E-state index contributed by atoms with van der Waals surface area (Å²) in [6.45, 7) is 6.78. The number of nitrogens with zero attached hydrogens (tertiary/aromatic N) is 1. The van der Waals surface area contributed by atoms with Crippen LogP contribution in [-0.2, 0) is 6.42 Å². The number of hydrogen-bond donors (Lipinski definition) is 3. The minimum Gasteiger partial charge on any atom is -0.459 e. The van der Waals surface area contributed by atoms with Gasteiger partial charge in [-0.1, -0.05) is 6.07 Å². The number of aliphatic imine (C=N–C) groups is 1. The number of hydrogen-bond acceptors (Lipinski definition) is 4. The molecule has 0 aliphatic carbocycles. The van der Waals surface area contributed by atoms with Crippen LogP contribution in [-0.4, -0.2) is 38.0 Å². The van der Waals surface area contributed by atoms with E-state index >= 15 is 0 Å². The van der Waals surface area contributed by atoms with E-state index < -0.39 is 0 Å². The zero-order chi connectivity index (χ0) is 17.9. The normalized spacial score (nSPS) is 10.9. The molecule has 3 N–H and O–H groups in total. The smallest absolute Gasteiger partial charge is 0.287 e. The number of carbonyl (C=O) groups excluding carboxylic acids is 1. The first kappa shape index (κ1) is 22.5. The first-order valence-electron chi connectivity index (χ1n) is 8.57. The molecule has 144 valence electrons. The van der Waals surface area contributed by atoms with Crippen molar-refractivity contribution < 1.29 is 9.21 Å². The number of amides is 1. The average molecular weight is 490 g/mol. The quantitative estimate of drug-likeness (QED) is 0.218. The highest BCUT2D eigenvalue weighted by molar-refractivity contribution is 14.0. The Morgan fingerprint density at radius 1 is 1.23 bits per heavy atom. The molecule has 0 spiro atoms. The summed E-state index contributed by atoms with van der Waals surface area (Å²) in [5.41, 5.74) is 0.847. The van der Waals surface area contributed by atoms with Gasteiger partial charge in [0.05, 0.1) is 6.26 Å². The Morgan fingerprint density at radius 2 is 2.08 bits per heavy atom. The Morgan fingerprint density at radius 3 is 2.73 bits per heavy atom. The standard InChI is InChI=1S/C18H26N4O2S.HI/c1-3-19-18(22-11-7-15-6-4-13-25-15)21-10-5-9-20-17(23)16-14(2)8-12-24-16;/h4,6,8,12-13H,3,5,7,9-11H2,1-2H3,(H,20,23)(H2,19,21,22);1H. The Labute approximate surface area is 175 Å². The molecule has 2 aromatic rings. The van der Waals surface area contributed by atoms with Gasteiger partial charge in [0.1, 0.15) is 0 Å². The maximum atomic E-state index is 11.9. The summed E-state index contributed by atoms with van der Waals surface area (Å²) < 4.78 is 5.17. The van der Waals surface area contributed by atoms with E-state index in [1.165, 1.54) is 11.1 Å². The molecular weight excluding hydrogens is 463 g/mol. The molecule has 6 nitrogen and oxygen atoms in total. The number of furan rings is 1. The van der Waals surface area contributed by atoms with Crippen molar-refractivity contribution in [1.82, 2.24) is 16.0 Å². The predicted molar refractivity (Wildman–Crippen MR) is 118 cm³/mol. The molecule has 0 aliphatic heterocycles. The van der Waals surface area contributed by atoms with E-state index in [-0.39, 0.29) is 29.9 Å². The van der Waals surface area contributed by atoms with Crippen LogP contribution in [0.4, 0.5) is 0 Å². The second-order valence-electron chi connectivity index (χ2n) is 5.56. The van der Waals surface area contributed by atoms with Crippen molar-refractivity contribution in [2.24, 2.45) is 4.99 Å². The number of carbonyl (C=O) groups is 1. The first-order valence-corrected chi connectivity index (χ1v) is 9.45. The maximum Gasteiger partial charge on any atom is 0.287 e. The molecule has 0 atom stereocenters. The fraction of sp³-hybridized carbons (Fsp3) is 0.444. The summed E-state index contributed by atoms with van der Waals surface area (Å²) in [7, 11) is 0. The number of nitrogens with one attached hydrogen (secondary N) is 3. The molecule has 2 heterocycles. The van der Waals surface area contributed by atoms with E-state index in [0.29, 0.717) is 18.8 Å². The molecule has 0 saturated heterocycles. The van der Waals surface area contributed by atoms with Gasteiger partial charge in [0.15, 0.2) is 11.7 Å². The Hall–Kier alpha value is -1.55. The van der Waals surface area contributed by atoms with Crippen LogP contribution < -0.4 is 16.0 Å². The van der Waals surface area contributed by atoms with E-state index in [9.17, 15) is 4.79 Å². The van der Waals surface area contributed by atoms with Crippen LogP contribution in [0.2, 0.25) is 0 Å². The maximum absolute atomic E-state index is 11.9. The van der Waals surface area contributed by atoms with Crippen LogP contribution in [0.15, 0.2) is 39.3 Å². The van der Waals surface area contributed by atoms with Crippen molar-refractivity contribution >= 4 is 47.2 Å². The summed E-state index contributed by atoms with van der Waals surface area (Å²) in [5, 5.41) is 11.5. The number of thiophene rings is 1. The summed E-state index contributed by atoms with van der Waals surface area (Å²) in [4.78, 5) is 17.8. The SMILES string of the molecule is CCNC(=NCCCNC(=O)c1occc1C)NCCc1cccs1.I.